The number of unbranched alkanes of at least 4 members (excludes halogenated alkanes) is 1. The van der Waals surface area contributed by atoms with Crippen LogP contribution in [0.3, 0.4) is 0 Å². The molecule has 0 saturated heterocycles. The largest absolute Gasteiger partial charge is 0.465 e. The highest BCUT2D eigenvalue weighted by atomic mass is 35.5. The van der Waals surface area contributed by atoms with Crippen LogP contribution in [0.15, 0.2) is 48.5 Å². The summed E-state index contributed by atoms with van der Waals surface area (Å²) in [6, 6.07) is 14.4. The van der Waals surface area contributed by atoms with Crippen molar-refractivity contribution in [3.63, 3.8) is 0 Å². The number of methoxy groups -OCH3 is 1. The van der Waals surface area contributed by atoms with Crippen molar-refractivity contribution in [1.29, 1.82) is 0 Å². The third-order valence-electron chi connectivity index (χ3n) is 5.18. The Hall–Kier alpha value is -2.97. The summed E-state index contributed by atoms with van der Waals surface area (Å²) >= 11 is 11.7. The van der Waals surface area contributed by atoms with Crippen LogP contribution in [0.2, 0.25) is 5.02 Å². The van der Waals surface area contributed by atoms with Crippen molar-refractivity contribution in [2.75, 3.05) is 7.11 Å². The van der Waals surface area contributed by atoms with Gasteiger partial charge < -0.3 is 10.1 Å². The average molecular weight is 487 g/mol. The van der Waals surface area contributed by atoms with E-state index in [0.29, 0.717) is 28.4 Å². The fraction of sp³-hybridized carbons (Fsp3) is 0.333. The van der Waals surface area contributed by atoms with Crippen LogP contribution >= 0.6 is 23.8 Å². The lowest BCUT2D eigenvalue weighted by atomic mass is 10.1. The number of hydrogen-bond donors (Lipinski definition) is 1. The molecule has 0 radical (unpaired) electrons. The zero-order chi connectivity index (χ0) is 23.8. The van der Waals surface area contributed by atoms with Crippen LogP contribution in [0.25, 0.3) is 11.4 Å². The smallest absolute Gasteiger partial charge is 0.337 e. The first-order chi connectivity index (χ1) is 15.9. The van der Waals surface area contributed by atoms with E-state index in [1.165, 1.54) is 7.11 Å². The monoisotopic (exact) mass is 486 g/mol. The summed E-state index contributed by atoms with van der Waals surface area (Å²) in [6.07, 6.45) is 2.27. The molecule has 0 aliphatic rings. The van der Waals surface area contributed by atoms with E-state index in [4.69, 9.17) is 33.7 Å². The molecule has 0 atom stereocenters. The fourth-order valence-electron chi connectivity index (χ4n) is 3.29. The quantitative estimate of drug-likeness (QED) is 0.321. The highest BCUT2D eigenvalue weighted by Crippen LogP contribution is 2.21. The first-order valence-electron chi connectivity index (χ1n) is 10.8. The van der Waals surface area contributed by atoms with Crippen LogP contribution in [0, 0.1) is 4.77 Å². The minimum atomic E-state index is -0.390. The SMILES string of the molecule is CCCCn1c(-c2ccc(Cl)cc2)nn(CCC(=O)NCc2ccc(C(=O)OC)cc2)c1=S. The van der Waals surface area contributed by atoms with E-state index >= 15 is 0 Å². The number of esters is 1. The maximum Gasteiger partial charge on any atom is 0.337 e. The Labute approximate surface area is 203 Å². The summed E-state index contributed by atoms with van der Waals surface area (Å²) < 4.78 is 9.01. The maximum absolute atomic E-state index is 12.4. The van der Waals surface area contributed by atoms with Gasteiger partial charge in [0.05, 0.1) is 19.2 Å². The summed E-state index contributed by atoms with van der Waals surface area (Å²) in [5.41, 5.74) is 2.29. The van der Waals surface area contributed by atoms with Gasteiger partial charge in [-0.3, -0.25) is 9.36 Å². The predicted molar refractivity (Wildman–Crippen MR) is 131 cm³/mol. The number of aromatic nitrogens is 3. The van der Waals surface area contributed by atoms with E-state index in [0.717, 1.165) is 36.3 Å². The van der Waals surface area contributed by atoms with Crippen molar-refractivity contribution in [2.24, 2.45) is 0 Å². The van der Waals surface area contributed by atoms with E-state index < -0.39 is 5.97 Å². The summed E-state index contributed by atoms with van der Waals surface area (Å²) in [5, 5.41) is 8.25. The second-order valence-electron chi connectivity index (χ2n) is 7.56. The van der Waals surface area contributed by atoms with Crippen molar-refractivity contribution >= 4 is 35.7 Å². The van der Waals surface area contributed by atoms with E-state index in [1.54, 1.807) is 28.9 Å². The summed E-state index contributed by atoms with van der Waals surface area (Å²) in [5.74, 6) is 0.278. The van der Waals surface area contributed by atoms with Crippen molar-refractivity contribution in [3.05, 3.63) is 69.5 Å². The van der Waals surface area contributed by atoms with Gasteiger partial charge in [0.25, 0.3) is 0 Å². The Morgan fingerprint density at radius 3 is 2.42 bits per heavy atom. The van der Waals surface area contributed by atoms with Crippen LogP contribution in [-0.2, 0) is 29.2 Å². The van der Waals surface area contributed by atoms with Gasteiger partial charge in [-0.05, 0) is 60.6 Å². The molecule has 0 saturated carbocycles. The molecule has 3 aromatic rings. The van der Waals surface area contributed by atoms with Crippen LogP contribution in [0.5, 0.6) is 0 Å². The normalized spacial score (nSPS) is 10.8. The van der Waals surface area contributed by atoms with Gasteiger partial charge in [-0.15, -0.1) is 0 Å². The first kappa shape index (κ1) is 24.7. The molecule has 0 bridgehead atoms. The molecule has 0 aliphatic heterocycles. The molecule has 1 amide bonds. The second-order valence-corrected chi connectivity index (χ2v) is 8.36. The molecular weight excluding hydrogens is 460 g/mol. The zero-order valence-electron chi connectivity index (χ0n) is 18.7. The van der Waals surface area contributed by atoms with E-state index in [1.807, 2.05) is 28.8 Å². The molecular formula is C24H27ClN4O3S. The molecule has 1 N–H and O–H groups in total. The molecule has 0 spiro atoms. The Bertz CT molecular complexity index is 1150. The molecule has 0 fully saturated rings. The van der Waals surface area contributed by atoms with Gasteiger partial charge in [0.15, 0.2) is 10.6 Å². The predicted octanol–water partition coefficient (Wildman–Crippen LogP) is 5.03. The molecule has 1 aromatic heterocycles. The van der Waals surface area contributed by atoms with Crippen molar-refractivity contribution in [3.8, 4) is 11.4 Å². The summed E-state index contributed by atoms with van der Waals surface area (Å²) in [6.45, 7) is 3.64. The van der Waals surface area contributed by atoms with Gasteiger partial charge in [-0.2, -0.15) is 5.10 Å². The van der Waals surface area contributed by atoms with Crippen molar-refractivity contribution in [1.82, 2.24) is 19.7 Å². The van der Waals surface area contributed by atoms with E-state index in [-0.39, 0.29) is 12.3 Å². The van der Waals surface area contributed by atoms with E-state index in [2.05, 4.69) is 12.2 Å². The number of carbonyl (C=O) groups excluding carboxylic acids is 2. The summed E-state index contributed by atoms with van der Waals surface area (Å²) in [7, 11) is 1.34. The number of carbonyl (C=O) groups is 2. The Balaban J connectivity index is 1.64. The maximum atomic E-state index is 12.4. The molecule has 3 rings (SSSR count). The number of aryl methyl sites for hydroxylation is 1. The first-order valence-corrected chi connectivity index (χ1v) is 11.6. The lowest BCUT2D eigenvalue weighted by Crippen LogP contribution is -2.24. The molecule has 7 nitrogen and oxygen atoms in total. The number of ether oxygens (including phenoxy) is 1. The van der Waals surface area contributed by atoms with Crippen LogP contribution in [-0.4, -0.2) is 33.3 Å². The van der Waals surface area contributed by atoms with E-state index in [9.17, 15) is 9.59 Å². The molecule has 0 unspecified atom stereocenters. The number of nitrogens with zero attached hydrogens (tertiary/aromatic N) is 3. The average Bonchev–Trinajstić information content (AvgIpc) is 3.15. The third-order valence-corrected chi connectivity index (χ3v) is 5.86. The number of benzene rings is 2. The number of halogens is 1. The van der Waals surface area contributed by atoms with Crippen LogP contribution in [0.4, 0.5) is 0 Å². The Morgan fingerprint density at radius 2 is 1.79 bits per heavy atom. The Morgan fingerprint density at radius 1 is 1.09 bits per heavy atom. The third kappa shape index (κ3) is 6.52. The standard InChI is InChI=1S/C24H27ClN4O3S/c1-3-4-14-28-22(18-9-11-20(25)12-10-18)27-29(24(28)33)15-13-21(30)26-16-17-5-7-19(8-6-17)23(31)32-2/h5-12H,3-4,13-16H2,1-2H3,(H,26,30). The molecule has 1 heterocycles. The van der Waals surface area contributed by atoms with Gasteiger partial charge in [-0.1, -0.05) is 37.1 Å². The van der Waals surface area contributed by atoms with Crippen molar-refractivity contribution < 1.29 is 14.3 Å². The molecule has 174 valence electrons. The number of amides is 1. The molecule has 33 heavy (non-hydrogen) atoms. The highest BCUT2D eigenvalue weighted by Gasteiger charge is 2.14. The van der Waals surface area contributed by atoms with Crippen LogP contribution < -0.4 is 5.32 Å². The van der Waals surface area contributed by atoms with Gasteiger partial charge in [0.1, 0.15) is 0 Å². The number of hydrogen-bond acceptors (Lipinski definition) is 5. The lowest BCUT2D eigenvalue weighted by molar-refractivity contribution is -0.121. The van der Waals surface area contributed by atoms with Gasteiger partial charge in [0.2, 0.25) is 5.91 Å². The number of nitrogens with one attached hydrogen (secondary N) is 1. The Kier molecular flexibility index (Phi) is 8.79. The summed E-state index contributed by atoms with van der Waals surface area (Å²) in [4.78, 5) is 23.9. The van der Waals surface area contributed by atoms with Crippen molar-refractivity contribution in [2.45, 2.75) is 45.8 Å². The number of rotatable bonds is 10. The topological polar surface area (TPSA) is 78.2 Å². The minimum absolute atomic E-state index is 0.106. The highest BCUT2D eigenvalue weighted by molar-refractivity contribution is 7.71. The zero-order valence-corrected chi connectivity index (χ0v) is 20.3. The fourth-order valence-corrected chi connectivity index (χ4v) is 3.73. The van der Waals surface area contributed by atoms with Crippen LogP contribution in [0.1, 0.15) is 42.1 Å². The molecule has 0 aliphatic carbocycles. The van der Waals surface area contributed by atoms with Gasteiger partial charge in [0, 0.05) is 30.1 Å². The van der Waals surface area contributed by atoms with Gasteiger partial charge >= 0.3 is 5.97 Å². The molecule has 9 heteroatoms. The second kappa shape index (κ2) is 11.8. The minimum Gasteiger partial charge on any atom is -0.465 e. The lowest BCUT2D eigenvalue weighted by Gasteiger charge is -2.07. The van der Waals surface area contributed by atoms with Gasteiger partial charge in [-0.25, -0.2) is 9.48 Å². The molecule has 2 aromatic carbocycles.